The zero-order chi connectivity index (χ0) is 14.8. The Balaban J connectivity index is 2.36. The zero-order valence-electron chi connectivity index (χ0n) is 10.3. The minimum Gasteiger partial charge on any atom is -0.372 e. The Hall–Kier alpha value is -1.73. The fourth-order valence-corrected chi connectivity index (χ4v) is 3.03. The number of benzene rings is 1. The number of hydrogen-bond donors (Lipinski definition) is 0. The van der Waals surface area contributed by atoms with Gasteiger partial charge >= 0.3 is 16.2 Å². The quantitative estimate of drug-likeness (QED) is 0.632. The Kier molecular flexibility index (Phi) is 4.20. The van der Waals surface area contributed by atoms with Gasteiger partial charge < -0.3 is 4.18 Å². The molecular weight excluding hydrogens is 306 g/mol. The van der Waals surface area contributed by atoms with Crippen molar-refractivity contribution in [2.75, 3.05) is 0 Å². The minimum atomic E-state index is -4.28. The van der Waals surface area contributed by atoms with Crippen molar-refractivity contribution in [2.24, 2.45) is 0 Å². The van der Waals surface area contributed by atoms with Crippen LogP contribution in [0.1, 0.15) is 11.1 Å². The summed E-state index contributed by atoms with van der Waals surface area (Å²) in [5.41, 5.74) is 0.889. The molecular formula is C13H10F2O3S2. The number of hydrogen-bond acceptors (Lipinski definition) is 4. The lowest BCUT2D eigenvalue weighted by Gasteiger charge is -2.08. The topological polar surface area (TPSA) is 43.4 Å². The Morgan fingerprint density at radius 2 is 1.80 bits per heavy atom. The number of aryl methyl sites for hydroxylation is 1. The van der Waals surface area contributed by atoms with Crippen LogP contribution >= 0.6 is 11.3 Å². The summed E-state index contributed by atoms with van der Waals surface area (Å²) in [6.45, 7) is 1.79. The lowest BCUT2D eigenvalue weighted by Crippen LogP contribution is -2.06. The first kappa shape index (κ1) is 14.7. The van der Waals surface area contributed by atoms with Gasteiger partial charge in [0, 0.05) is 10.9 Å². The van der Waals surface area contributed by atoms with Crippen molar-refractivity contribution >= 4 is 27.2 Å². The molecule has 0 aliphatic rings. The van der Waals surface area contributed by atoms with Crippen LogP contribution in [-0.4, -0.2) is 8.42 Å². The van der Waals surface area contributed by atoms with E-state index in [0.717, 1.165) is 5.56 Å². The minimum absolute atomic E-state index is 0.0330. The van der Waals surface area contributed by atoms with Crippen LogP contribution in [0.25, 0.3) is 5.76 Å². The van der Waals surface area contributed by atoms with Crippen LogP contribution in [0.3, 0.4) is 0 Å². The molecule has 2 rings (SSSR count). The molecule has 0 N–H and O–H groups in total. The van der Waals surface area contributed by atoms with Gasteiger partial charge in [-0.05, 0) is 30.5 Å². The first-order valence-electron chi connectivity index (χ1n) is 5.49. The SMILES string of the molecule is Cc1ccc(S(=O)(=O)OC(=C(F)F)c2ccsc2)cc1. The average Bonchev–Trinajstić information content (AvgIpc) is 2.90. The summed E-state index contributed by atoms with van der Waals surface area (Å²) >= 11 is 1.17. The molecule has 0 unspecified atom stereocenters. The van der Waals surface area contributed by atoms with Gasteiger partial charge in [-0.3, -0.25) is 0 Å². The molecule has 7 heteroatoms. The molecule has 0 fully saturated rings. The van der Waals surface area contributed by atoms with Crippen molar-refractivity contribution < 1.29 is 21.4 Å². The number of thiophene rings is 1. The summed E-state index contributed by atoms with van der Waals surface area (Å²) in [7, 11) is -4.28. The van der Waals surface area contributed by atoms with E-state index in [2.05, 4.69) is 4.18 Å². The molecule has 0 saturated carbocycles. The molecule has 0 amide bonds. The summed E-state index contributed by atoms with van der Waals surface area (Å²) in [4.78, 5) is -0.169. The number of halogens is 2. The highest BCUT2D eigenvalue weighted by molar-refractivity contribution is 7.87. The molecule has 2 aromatic rings. The molecule has 0 saturated heterocycles. The monoisotopic (exact) mass is 316 g/mol. The third-order valence-electron chi connectivity index (χ3n) is 2.46. The second-order valence-electron chi connectivity index (χ2n) is 3.95. The van der Waals surface area contributed by atoms with Crippen LogP contribution in [0.15, 0.2) is 52.1 Å². The van der Waals surface area contributed by atoms with Gasteiger partial charge in [-0.1, -0.05) is 17.7 Å². The molecule has 3 nitrogen and oxygen atoms in total. The molecule has 0 aliphatic carbocycles. The van der Waals surface area contributed by atoms with Crippen molar-refractivity contribution in [3.63, 3.8) is 0 Å². The Morgan fingerprint density at radius 1 is 1.15 bits per heavy atom. The van der Waals surface area contributed by atoms with E-state index in [1.807, 2.05) is 0 Å². The van der Waals surface area contributed by atoms with E-state index < -0.39 is 22.0 Å². The van der Waals surface area contributed by atoms with E-state index in [1.54, 1.807) is 24.4 Å². The Bertz CT molecular complexity index is 713. The molecule has 0 aliphatic heterocycles. The van der Waals surface area contributed by atoms with E-state index in [-0.39, 0.29) is 10.5 Å². The third kappa shape index (κ3) is 3.23. The van der Waals surface area contributed by atoms with Gasteiger partial charge in [0.1, 0.15) is 4.90 Å². The molecule has 0 spiro atoms. The summed E-state index contributed by atoms with van der Waals surface area (Å²) in [5, 5.41) is 2.94. The van der Waals surface area contributed by atoms with E-state index in [1.165, 1.54) is 34.9 Å². The molecule has 20 heavy (non-hydrogen) atoms. The average molecular weight is 316 g/mol. The van der Waals surface area contributed by atoms with Crippen LogP contribution in [0.4, 0.5) is 8.78 Å². The highest BCUT2D eigenvalue weighted by Crippen LogP contribution is 2.28. The van der Waals surface area contributed by atoms with Crippen molar-refractivity contribution in [1.29, 1.82) is 0 Å². The van der Waals surface area contributed by atoms with Gasteiger partial charge in [0.15, 0.2) is 0 Å². The maximum absolute atomic E-state index is 12.9. The van der Waals surface area contributed by atoms with Crippen LogP contribution in [0.5, 0.6) is 0 Å². The molecule has 0 radical (unpaired) electrons. The van der Waals surface area contributed by atoms with E-state index in [4.69, 9.17) is 0 Å². The molecule has 1 heterocycles. The van der Waals surface area contributed by atoms with Gasteiger partial charge in [0.25, 0.3) is 0 Å². The van der Waals surface area contributed by atoms with Gasteiger partial charge in [-0.2, -0.15) is 28.5 Å². The highest BCUT2D eigenvalue weighted by atomic mass is 32.2. The zero-order valence-corrected chi connectivity index (χ0v) is 12.0. The Morgan fingerprint density at radius 3 is 2.30 bits per heavy atom. The van der Waals surface area contributed by atoms with Gasteiger partial charge in [-0.15, -0.1) is 0 Å². The molecule has 0 bridgehead atoms. The van der Waals surface area contributed by atoms with Crippen LogP contribution in [0, 0.1) is 6.92 Å². The molecule has 0 atom stereocenters. The smallest absolute Gasteiger partial charge is 0.339 e. The van der Waals surface area contributed by atoms with Gasteiger partial charge in [-0.25, -0.2) is 0 Å². The summed E-state index contributed by atoms with van der Waals surface area (Å²) in [5.74, 6) is -0.938. The second-order valence-corrected chi connectivity index (χ2v) is 6.28. The Labute approximate surface area is 119 Å². The normalized spacial score (nSPS) is 11.2. The maximum atomic E-state index is 12.9. The van der Waals surface area contributed by atoms with E-state index >= 15 is 0 Å². The van der Waals surface area contributed by atoms with E-state index in [0.29, 0.717) is 0 Å². The van der Waals surface area contributed by atoms with Crippen molar-refractivity contribution in [3.05, 3.63) is 58.3 Å². The fourth-order valence-electron chi connectivity index (χ4n) is 1.45. The van der Waals surface area contributed by atoms with E-state index in [9.17, 15) is 17.2 Å². The lowest BCUT2D eigenvalue weighted by atomic mass is 10.2. The van der Waals surface area contributed by atoms with Crippen LogP contribution in [0.2, 0.25) is 0 Å². The summed E-state index contributed by atoms with van der Waals surface area (Å²) < 4.78 is 54.2. The van der Waals surface area contributed by atoms with Crippen molar-refractivity contribution in [2.45, 2.75) is 11.8 Å². The molecule has 1 aromatic carbocycles. The number of rotatable bonds is 4. The first-order valence-corrected chi connectivity index (χ1v) is 7.84. The molecule has 106 valence electrons. The summed E-state index contributed by atoms with van der Waals surface area (Å²) in [6.07, 6.45) is -2.18. The van der Waals surface area contributed by atoms with Gasteiger partial charge in [0.2, 0.25) is 5.76 Å². The lowest BCUT2D eigenvalue weighted by molar-refractivity contribution is 0.381. The standard InChI is InChI=1S/C13H10F2O3S2/c1-9-2-4-11(5-3-9)20(16,17)18-12(13(14)15)10-6-7-19-8-10/h2-8H,1H3. The predicted octanol–water partition coefficient (Wildman–Crippen LogP) is 4.03. The van der Waals surface area contributed by atoms with Gasteiger partial charge in [0.05, 0.1) is 0 Å². The largest absolute Gasteiger partial charge is 0.372 e. The van der Waals surface area contributed by atoms with Crippen molar-refractivity contribution in [3.8, 4) is 0 Å². The second kappa shape index (κ2) is 5.72. The van der Waals surface area contributed by atoms with Crippen LogP contribution in [-0.2, 0) is 14.3 Å². The maximum Gasteiger partial charge on any atom is 0.339 e. The first-order chi connectivity index (χ1) is 9.40. The van der Waals surface area contributed by atoms with Crippen molar-refractivity contribution in [1.82, 2.24) is 0 Å². The fraction of sp³-hybridized carbons (Fsp3) is 0.0769. The predicted molar refractivity (Wildman–Crippen MR) is 72.9 cm³/mol. The highest BCUT2D eigenvalue weighted by Gasteiger charge is 2.22. The third-order valence-corrected chi connectivity index (χ3v) is 4.38. The summed E-state index contributed by atoms with van der Waals surface area (Å²) in [6, 6.07) is 7.12. The molecule has 1 aromatic heterocycles. The van der Waals surface area contributed by atoms with Crippen LogP contribution < -0.4 is 0 Å².